The predicted molar refractivity (Wildman–Crippen MR) is 90.6 cm³/mol. The van der Waals surface area contributed by atoms with Crippen molar-refractivity contribution in [3.8, 4) is 0 Å². The van der Waals surface area contributed by atoms with Crippen molar-refractivity contribution in [2.45, 2.75) is 35.6 Å². The van der Waals surface area contributed by atoms with Gasteiger partial charge in [0.25, 0.3) is 0 Å². The summed E-state index contributed by atoms with van der Waals surface area (Å²) in [4.78, 5) is 0.172. The lowest BCUT2D eigenvalue weighted by Gasteiger charge is -2.23. The van der Waals surface area contributed by atoms with Gasteiger partial charge in [0.15, 0.2) is 0 Å². The van der Waals surface area contributed by atoms with E-state index in [0.29, 0.717) is 12.1 Å². The number of hydrogen-bond donors (Lipinski definition) is 2. The Morgan fingerprint density at radius 3 is 2.48 bits per heavy atom. The number of sulfonamides is 2. The first kappa shape index (κ1) is 20.3. The number of nitrogens with one attached hydrogen (secondary N) is 1. The van der Waals surface area contributed by atoms with Crippen LogP contribution >= 0.6 is 12.4 Å². The van der Waals surface area contributed by atoms with Gasteiger partial charge in [0.2, 0.25) is 20.0 Å². The molecule has 1 aliphatic heterocycles. The maximum Gasteiger partial charge on any atom is 0.243 e. The molecule has 1 atom stereocenters. The van der Waals surface area contributed by atoms with Crippen LogP contribution in [-0.4, -0.2) is 47.3 Å². The Kier molecular flexibility index (Phi) is 6.59. The zero-order chi connectivity index (χ0) is 16.5. The van der Waals surface area contributed by atoms with Gasteiger partial charge in [-0.15, -0.1) is 12.4 Å². The number of halogens is 1. The second kappa shape index (κ2) is 7.45. The minimum absolute atomic E-state index is 0. The number of hydrogen-bond acceptors (Lipinski definition) is 5. The Morgan fingerprint density at radius 2 is 1.96 bits per heavy atom. The average Bonchev–Trinajstić information content (AvgIpc) is 2.96. The number of benzene rings is 1. The van der Waals surface area contributed by atoms with Crippen LogP contribution in [0.5, 0.6) is 0 Å². The van der Waals surface area contributed by atoms with Crippen LogP contribution in [0.2, 0.25) is 0 Å². The number of aryl methyl sites for hydroxylation is 1. The highest BCUT2D eigenvalue weighted by atomic mass is 35.5. The van der Waals surface area contributed by atoms with E-state index in [9.17, 15) is 16.8 Å². The molecule has 1 fully saturated rings. The zero-order valence-electron chi connectivity index (χ0n) is 13.0. The van der Waals surface area contributed by atoms with Gasteiger partial charge in [0.05, 0.1) is 9.79 Å². The van der Waals surface area contributed by atoms with Gasteiger partial charge in [0, 0.05) is 19.1 Å². The molecule has 1 aromatic carbocycles. The molecule has 0 radical (unpaired) electrons. The van der Waals surface area contributed by atoms with Crippen LogP contribution in [-0.2, 0) is 20.0 Å². The summed E-state index contributed by atoms with van der Waals surface area (Å²) in [5.41, 5.74) is 6.02. The van der Waals surface area contributed by atoms with Crippen molar-refractivity contribution in [2.75, 3.05) is 20.1 Å². The maximum absolute atomic E-state index is 12.7. The summed E-state index contributed by atoms with van der Waals surface area (Å²) in [6.07, 6.45) is 1.53. The molecule has 0 bridgehead atoms. The van der Waals surface area contributed by atoms with E-state index in [2.05, 4.69) is 4.72 Å². The molecule has 0 amide bonds. The van der Waals surface area contributed by atoms with E-state index in [0.717, 1.165) is 12.8 Å². The van der Waals surface area contributed by atoms with E-state index in [-0.39, 0.29) is 34.8 Å². The number of nitrogens with zero attached hydrogens (tertiary/aromatic N) is 1. The second-order valence-electron chi connectivity index (χ2n) is 5.28. The first-order valence-electron chi connectivity index (χ1n) is 7.00. The van der Waals surface area contributed by atoms with Crippen LogP contribution < -0.4 is 10.5 Å². The van der Waals surface area contributed by atoms with Crippen molar-refractivity contribution >= 4 is 32.5 Å². The zero-order valence-corrected chi connectivity index (χ0v) is 15.5. The van der Waals surface area contributed by atoms with Crippen LogP contribution in [0, 0.1) is 6.92 Å². The van der Waals surface area contributed by atoms with Crippen molar-refractivity contribution in [1.29, 1.82) is 0 Å². The number of nitrogens with two attached hydrogens (primary N) is 1. The van der Waals surface area contributed by atoms with Crippen LogP contribution in [0.1, 0.15) is 18.4 Å². The minimum atomic E-state index is -3.65. The van der Waals surface area contributed by atoms with Crippen molar-refractivity contribution in [1.82, 2.24) is 9.03 Å². The fraction of sp³-hybridized carbons (Fsp3) is 0.538. The van der Waals surface area contributed by atoms with E-state index in [1.54, 1.807) is 6.92 Å². The van der Waals surface area contributed by atoms with Gasteiger partial charge in [-0.05, 0) is 50.6 Å². The molecule has 0 aliphatic carbocycles. The normalized spacial score (nSPS) is 19.5. The predicted octanol–water partition coefficient (Wildman–Crippen LogP) is 0.437. The van der Waals surface area contributed by atoms with Crippen molar-refractivity contribution in [3.05, 3.63) is 23.8 Å². The van der Waals surface area contributed by atoms with Gasteiger partial charge in [-0.2, -0.15) is 4.31 Å². The maximum atomic E-state index is 12.7. The summed E-state index contributed by atoms with van der Waals surface area (Å²) in [6.45, 7) is 2.30. The molecular formula is C13H22ClN3O4S2. The molecular weight excluding hydrogens is 362 g/mol. The molecule has 3 N–H and O–H groups in total. The molecule has 1 unspecified atom stereocenters. The van der Waals surface area contributed by atoms with Crippen LogP contribution in [0.3, 0.4) is 0 Å². The lowest BCUT2D eigenvalue weighted by molar-refractivity contribution is 0.393. The van der Waals surface area contributed by atoms with Gasteiger partial charge in [-0.25, -0.2) is 21.6 Å². The molecule has 1 saturated heterocycles. The van der Waals surface area contributed by atoms with Gasteiger partial charge >= 0.3 is 0 Å². The monoisotopic (exact) mass is 383 g/mol. The van der Waals surface area contributed by atoms with Crippen LogP contribution in [0.4, 0.5) is 0 Å². The summed E-state index contributed by atoms with van der Waals surface area (Å²) >= 11 is 0. The standard InChI is InChI=1S/C13H21N3O4S2.ClH/c1-10-8-12(5-6-13(10)21(17,18)15-2)22(19,20)16-7-3-4-11(16)9-14;/h5-6,8,11,15H,3-4,7,9,14H2,1-2H3;1H. The molecule has 1 heterocycles. The summed E-state index contributed by atoms with van der Waals surface area (Å²) < 4.78 is 52.7. The molecule has 2 rings (SSSR count). The largest absolute Gasteiger partial charge is 0.329 e. The molecule has 0 spiro atoms. The lowest BCUT2D eigenvalue weighted by Crippen LogP contribution is -2.39. The fourth-order valence-electron chi connectivity index (χ4n) is 2.69. The molecule has 1 aliphatic rings. The topological polar surface area (TPSA) is 110 Å². The third-order valence-electron chi connectivity index (χ3n) is 3.91. The first-order valence-corrected chi connectivity index (χ1v) is 9.92. The second-order valence-corrected chi connectivity index (χ2v) is 9.03. The Labute approximate surface area is 143 Å². The molecule has 0 aromatic heterocycles. The molecule has 7 nitrogen and oxygen atoms in total. The van der Waals surface area contributed by atoms with Crippen LogP contribution in [0.15, 0.2) is 28.0 Å². The van der Waals surface area contributed by atoms with Gasteiger partial charge < -0.3 is 5.73 Å². The highest BCUT2D eigenvalue weighted by Crippen LogP contribution is 2.27. The van der Waals surface area contributed by atoms with Crippen molar-refractivity contribution in [3.63, 3.8) is 0 Å². The molecule has 0 saturated carbocycles. The Hall–Kier alpha value is -0.710. The Morgan fingerprint density at radius 1 is 1.30 bits per heavy atom. The third kappa shape index (κ3) is 3.86. The minimum Gasteiger partial charge on any atom is -0.329 e. The van der Waals surface area contributed by atoms with E-state index >= 15 is 0 Å². The molecule has 10 heteroatoms. The smallest absolute Gasteiger partial charge is 0.243 e. The van der Waals surface area contributed by atoms with E-state index in [4.69, 9.17) is 5.73 Å². The highest BCUT2D eigenvalue weighted by molar-refractivity contribution is 7.89. The van der Waals surface area contributed by atoms with Crippen molar-refractivity contribution < 1.29 is 16.8 Å². The first-order chi connectivity index (χ1) is 10.2. The SMILES string of the molecule is CNS(=O)(=O)c1ccc(S(=O)(=O)N2CCCC2CN)cc1C.Cl. The summed E-state index contributed by atoms with van der Waals surface area (Å²) in [7, 11) is -5.94. The lowest BCUT2D eigenvalue weighted by atomic mass is 10.2. The molecule has 132 valence electrons. The fourth-order valence-corrected chi connectivity index (χ4v) is 5.43. The van der Waals surface area contributed by atoms with Crippen LogP contribution in [0.25, 0.3) is 0 Å². The number of rotatable bonds is 5. The van der Waals surface area contributed by atoms with Gasteiger partial charge in [-0.3, -0.25) is 0 Å². The van der Waals surface area contributed by atoms with E-state index in [1.807, 2.05) is 0 Å². The quantitative estimate of drug-likeness (QED) is 0.766. The Balaban J connectivity index is 0.00000264. The van der Waals surface area contributed by atoms with Gasteiger partial charge in [-0.1, -0.05) is 0 Å². The van der Waals surface area contributed by atoms with E-state index in [1.165, 1.54) is 29.6 Å². The average molecular weight is 384 g/mol. The summed E-state index contributed by atoms with van der Waals surface area (Å²) in [5.74, 6) is 0. The van der Waals surface area contributed by atoms with Crippen molar-refractivity contribution in [2.24, 2.45) is 5.73 Å². The molecule has 23 heavy (non-hydrogen) atoms. The molecule has 1 aromatic rings. The third-order valence-corrected chi connectivity index (χ3v) is 7.43. The van der Waals surface area contributed by atoms with Gasteiger partial charge in [0.1, 0.15) is 0 Å². The van der Waals surface area contributed by atoms with E-state index < -0.39 is 20.0 Å². The summed E-state index contributed by atoms with van der Waals surface area (Å²) in [6, 6.07) is 3.86. The highest BCUT2D eigenvalue weighted by Gasteiger charge is 2.34. The summed E-state index contributed by atoms with van der Waals surface area (Å²) in [5, 5.41) is 0. The Bertz CT molecular complexity index is 765.